The van der Waals surface area contributed by atoms with Gasteiger partial charge in [-0.1, -0.05) is 0 Å². The minimum atomic E-state index is 0.0983. The fraction of sp³-hybridized carbons (Fsp3) is 0.636. The van der Waals surface area contributed by atoms with Gasteiger partial charge in [-0.3, -0.25) is 9.59 Å². The van der Waals surface area contributed by atoms with Crippen molar-refractivity contribution in [3.63, 3.8) is 0 Å². The Bertz CT molecular complexity index is 782. The molecule has 3 aliphatic rings. The highest BCUT2D eigenvalue weighted by molar-refractivity contribution is 5.77. The van der Waals surface area contributed by atoms with E-state index in [-0.39, 0.29) is 24.5 Å². The number of carbonyl (C=O) groups excluding carboxylic acids is 2. The Hall–Kier alpha value is -2.28. The van der Waals surface area contributed by atoms with Crippen molar-refractivity contribution >= 4 is 11.8 Å². The van der Waals surface area contributed by atoms with Crippen LogP contribution in [0.1, 0.15) is 37.3 Å². The summed E-state index contributed by atoms with van der Waals surface area (Å²) in [6.07, 6.45) is 3.28. The van der Waals surface area contributed by atoms with Crippen LogP contribution >= 0.6 is 0 Å². The van der Waals surface area contributed by atoms with Crippen LogP contribution in [0.2, 0.25) is 0 Å². The monoisotopic (exact) mass is 401 g/mol. The normalized spacial score (nSPS) is 25.7. The van der Waals surface area contributed by atoms with E-state index in [1.165, 1.54) is 11.1 Å². The van der Waals surface area contributed by atoms with Gasteiger partial charge in [-0.15, -0.1) is 0 Å². The molecule has 2 amide bonds. The lowest BCUT2D eigenvalue weighted by atomic mass is 9.86. The zero-order valence-corrected chi connectivity index (χ0v) is 17.4. The third-order valence-corrected chi connectivity index (χ3v) is 6.43. The fourth-order valence-electron chi connectivity index (χ4n) is 4.76. The minimum Gasteiger partial charge on any atom is -0.454 e. The number of likely N-dealkylation sites (tertiary alicyclic amines) is 1. The Kier molecular flexibility index (Phi) is 5.94. The second kappa shape index (κ2) is 8.61. The maximum atomic E-state index is 12.4. The molecule has 7 nitrogen and oxygen atoms in total. The number of nitrogens with zero attached hydrogens (tertiary/aromatic N) is 2. The molecule has 4 rings (SSSR count). The van der Waals surface area contributed by atoms with Crippen molar-refractivity contribution in [2.24, 2.45) is 11.8 Å². The first-order chi connectivity index (χ1) is 14.0. The van der Waals surface area contributed by atoms with E-state index in [4.69, 9.17) is 9.47 Å². The molecule has 0 radical (unpaired) electrons. The molecule has 3 heterocycles. The second-order valence-corrected chi connectivity index (χ2v) is 8.60. The molecule has 1 saturated heterocycles. The summed E-state index contributed by atoms with van der Waals surface area (Å²) in [5, 5.41) is 3.06. The summed E-state index contributed by atoms with van der Waals surface area (Å²) in [6.45, 7) is 5.77. The molecule has 7 heteroatoms. The van der Waals surface area contributed by atoms with Gasteiger partial charge in [0.25, 0.3) is 0 Å². The van der Waals surface area contributed by atoms with E-state index in [1.54, 1.807) is 6.92 Å². The molecular formula is C22H31N3O4. The first kappa shape index (κ1) is 20.0. The SMILES string of the molecule is CC(=O)N1C[C@H]2CCc3cc4c(cc3CN(C)CCCNC(=O)C[C@H]2C1)OCO4. The molecule has 0 bridgehead atoms. The highest BCUT2D eigenvalue weighted by atomic mass is 16.7. The number of aryl methyl sites for hydroxylation is 1. The smallest absolute Gasteiger partial charge is 0.231 e. The average molecular weight is 402 g/mol. The van der Waals surface area contributed by atoms with Crippen molar-refractivity contribution < 1.29 is 19.1 Å². The number of rotatable bonds is 0. The number of benzene rings is 1. The van der Waals surface area contributed by atoms with Crippen LogP contribution < -0.4 is 14.8 Å². The Labute approximate surface area is 172 Å². The standard InChI is InChI=1S/C22H31N3O4/c1-15(26)25-12-17-5-4-16-8-20-21(29-14-28-20)9-18(16)11-24(2)7-3-6-23-22(27)10-19(17)13-25/h8-9,17,19H,3-7,10-14H2,1-2H3,(H,23,27)/t17-,19+/m1/s1. The molecule has 3 aliphatic heterocycles. The topological polar surface area (TPSA) is 71.1 Å². The molecular weight excluding hydrogens is 370 g/mol. The van der Waals surface area contributed by atoms with Crippen LogP contribution in [0.25, 0.3) is 0 Å². The van der Waals surface area contributed by atoms with Gasteiger partial charge >= 0.3 is 0 Å². The number of hydrogen-bond donors (Lipinski definition) is 1. The van der Waals surface area contributed by atoms with Crippen LogP contribution in [0, 0.1) is 11.8 Å². The zero-order valence-electron chi connectivity index (χ0n) is 17.4. The molecule has 158 valence electrons. The third-order valence-electron chi connectivity index (χ3n) is 6.43. The van der Waals surface area contributed by atoms with Crippen LogP contribution in [0.3, 0.4) is 0 Å². The van der Waals surface area contributed by atoms with Crippen molar-refractivity contribution in [2.75, 3.05) is 40.0 Å². The Morgan fingerprint density at radius 3 is 2.62 bits per heavy atom. The summed E-state index contributed by atoms with van der Waals surface area (Å²) in [5.74, 6) is 2.41. The van der Waals surface area contributed by atoms with E-state index in [1.807, 2.05) is 4.90 Å². The molecule has 0 unspecified atom stereocenters. The van der Waals surface area contributed by atoms with Crippen LogP contribution in [0.15, 0.2) is 12.1 Å². The van der Waals surface area contributed by atoms with Crippen LogP contribution in [-0.2, 0) is 22.6 Å². The van der Waals surface area contributed by atoms with Gasteiger partial charge in [-0.2, -0.15) is 0 Å². The van der Waals surface area contributed by atoms with Gasteiger partial charge in [0.2, 0.25) is 18.6 Å². The van der Waals surface area contributed by atoms with Crippen LogP contribution in [0.5, 0.6) is 11.5 Å². The van der Waals surface area contributed by atoms with Crippen molar-refractivity contribution in [1.29, 1.82) is 0 Å². The van der Waals surface area contributed by atoms with E-state index in [9.17, 15) is 9.59 Å². The van der Waals surface area contributed by atoms with Gasteiger partial charge in [-0.25, -0.2) is 0 Å². The molecule has 1 fully saturated rings. The fourth-order valence-corrected chi connectivity index (χ4v) is 4.76. The van der Waals surface area contributed by atoms with Gasteiger partial charge in [-0.05, 0) is 68.0 Å². The highest BCUT2D eigenvalue weighted by Crippen LogP contribution is 2.37. The molecule has 1 aromatic rings. The van der Waals surface area contributed by atoms with E-state index in [2.05, 4.69) is 29.4 Å². The van der Waals surface area contributed by atoms with Crippen molar-refractivity contribution in [3.8, 4) is 11.5 Å². The Morgan fingerprint density at radius 1 is 1.14 bits per heavy atom. The van der Waals surface area contributed by atoms with E-state index in [0.717, 1.165) is 50.4 Å². The summed E-state index contributed by atoms with van der Waals surface area (Å²) in [4.78, 5) is 28.5. The first-order valence-electron chi connectivity index (χ1n) is 10.6. The van der Waals surface area contributed by atoms with E-state index >= 15 is 0 Å². The molecule has 29 heavy (non-hydrogen) atoms. The average Bonchev–Trinajstić information content (AvgIpc) is 3.29. The lowest BCUT2D eigenvalue weighted by Gasteiger charge is -2.22. The quantitative estimate of drug-likeness (QED) is 0.718. The van der Waals surface area contributed by atoms with Gasteiger partial charge < -0.3 is 24.6 Å². The maximum absolute atomic E-state index is 12.4. The van der Waals surface area contributed by atoms with Crippen molar-refractivity contribution in [2.45, 2.75) is 39.2 Å². The van der Waals surface area contributed by atoms with E-state index in [0.29, 0.717) is 25.4 Å². The predicted molar refractivity (Wildman–Crippen MR) is 109 cm³/mol. The maximum Gasteiger partial charge on any atom is 0.231 e. The number of ether oxygens (including phenoxy) is 2. The molecule has 0 aliphatic carbocycles. The number of hydrogen-bond acceptors (Lipinski definition) is 5. The lowest BCUT2D eigenvalue weighted by molar-refractivity contribution is -0.128. The molecule has 0 spiro atoms. The van der Waals surface area contributed by atoms with Crippen LogP contribution in [0.4, 0.5) is 0 Å². The number of nitrogens with one attached hydrogen (secondary N) is 1. The van der Waals surface area contributed by atoms with Gasteiger partial charge in [0.1, 0.15) is 0 Å². The van der Waals surface area contributed by atoms with Gasteiger partial charge in [0.15, 0.2) is 11.5 Å². The third kappa shape index (κ3) is 4.66. The summed E-state index contributed by atoms with van der Waals surface area (Å²) in [7, 11) is 2.11. The zero-order chi connectivity index (χ0) is 20.4. The number of amides is 2. The second-order valence-electron chi connectivity index (χ2n) is 8.60. The first-order valence-corrected chi connectivity index (χ1v) is 10.6. The van der Waals surface area contributed by atoms with Crippen LogP contribution in [-0.4, -0.2) is 61.6 Å². The molecule has 1 aromatic carbocycles. The summed E-state index contributed by atoms with van der Waals surface area (Å²) in [6, 6.07) is 4.24. The summed E-state index contributed by atoms with van der Waals surface area (Å²) in [5.41, 5.74) is 2.55. The molecule has 0 aromatic heterocycles. The van der Waals surface area contributed by atoms with E-state index < -0.39 is 0 Å². The number of carbonyl (C=O) groups is 2. The molecule has 0 saturated carbocycles. The highest BCUT2D eigenvalue weighted by Gasteiger charge is 2.35. The number of fused-ring (bicyclic) bond motifs is 3. The Morgan fingerprint density at radius 2 is 1.86 bits per heavy atom. The van der Waals surface area contributed by atoms with Crippen molar-refractivity contribution in [3.05, 3.63) is 23.3 Å². The van der Waals surface area contributed by atoms with Crippen molar-refractivity contribution in [1.82, 2.24) is 15.1 Å². The summed E-state index contributed by atoms with van der Waals surface area (Å²) < 4.78 is 11.2. The summed E-state index contributed by atoms with van der Waals surface area (Å²) >= 11 is 0. The molecule has 1 N–H and O–H groups in total. The lowest BCUT2D eigenvalue weighted by Crippen LogP contribution is -2.31. The minimum absolute atomic E-state index is 0.0983. The largest absolute Gasteiger partial charge is 0.454 e. The predicted octanol–water partition coefficient (Wildman–Crippen LogP) is 1.78. The molecule has 2 atom stereocenters. The van der Waals surface area contributed by atoms with Gasteiger partial charge in [0.05, 0.1) is 0 Å². The Balaban J connectivity index is 1.58. The van der Waals surface area contributed by atoms with Gasteiger partial charge in [0, 0.05) is 39.5 Å².